The van der Waals surface area contributed by atoms with Gasteiger partial charge in [0.1, 0.15) is 6.61 Å². The molecular weight excluding hydrogens is 294 g/mol. The number of hydrogen-bond acceptors (Lipinski definition) is 5. The topological polar surface area (TPSA) is 60.8 Å². The molecule has 1 aromatic carbocycles. The first-order chi connectivity index (χ1) is 11.3. The Balaban J connectivity index is 1.60. The van der Waals surface area contributed by atoms with Gasteiger partial charge in [0.05, 0.1) is 13.7 Å². The van der Waals surface area contributed by atoms with Crippen LogP contribution < -0.4 is 14.2 Å². The van der Waals surface area contributed by atoms with Crippen molar-refractivity contribution in [3.63, 3.8) is 0 Å². The number of benzene rings is 1. The van der Waals surface area contributed by atoms with Crippen molar-refractivity contribution in [1.82, 2.24) is 4.98 Å². The van der Waals surface area contributed by atoms with Crippen molar-refractivity contribution in [3.05, 3.63) is 47.3 Å². The van der Waals surface area contributed by atoms with Gasteiger partial charge >= 0.3 is 0 Å². The maximum atomic E-state index is 9.30. The molecule has 120 valence electrons. The molecule has 1 aliphatic heterocycles. The highest BCUT2D eigenvalue weighted by molar-refractivity contribution is 5.55. The molecule has 1 aromatic heterocycles. The lowest BCUT2D eigenvalue weighted by Gasteiger charge is -2.28. The van der Waals surface area contributed by atoms with Crippen LogP contribution >= 0.6 is 0 Å². The van der Waals surface area contributed by atoms with Gasteiger partial charge in [0, 0.05) is 23.4 Å². The number of methoxy groups -OCH3 is 1. The van der Waals surface area contributed by atoms with Crippen LogP contribution in [-0.4, -0.2) is 23.8 Å². The Kier molecular flexibility index (Phi) is 3.58. The molecule has 2 heterocycles. The molecule has 1 aliphatic carbocycles. The van der Waals surface area contributed by atoms with Crippen LogP contribution in [0, 0.1) is 0 Å². The Morgan fingerprint density at radius 2 is 2.17 bits per heavy atom. The molecule has 1 fully saturated rings. The molecule has 0 spiro atoms. The molecule has 1 N–H and O–H groups in total. The summed E-state index contributed by atoms with van der Waals surface area (Å²) in [5.74, 6) is 2.39. The Morgan fingerprint density at radius 1 is 1.30 bits per heavy atom. The van der Waals surface area contributed by atoms with Gasteiger partial charge in [-0.1, -0.05) is 6.07 Å². The number of aliphatic hydroxyl groups is 1. The molecule has 0 amide bonds. The second-order valence-corrected chi connectivity index (χ2v) is 5.99. The van der Waals surface area contributed by atoms with Crippen molar-refractivity contribution in [1.29, 1.82) is 0 Å². The number of fused-ring (bicyclic) bond motifs is 1. The van der Waals surface area contributed by atoms with E-state index in [4.69, 9.17) is 14.2 Å². The monoisotopic (exact) mass is 313 g/mol. The summed E-state index contributed by atoms with van der Waals surface area (Å²) in [6, 6.07) is 7.69. The molecule has 5 heteroatoms. The molecule has 23 heavy (non-hydrogen) atoms. The fourth-order valence-electron chi connectivity index (χ4n) is 2.83. The van der Waals surface area contributed by atoms with Crippen LogP contribution in [-0.2, 0) is 6.61 Å². The molecule has 1 unspecified atom stereocenters. The third-order valence-electron chi connectivity index (χ3n) is 4.31. The van der Waals surface area contributed by atoms with Gasteiger partial charge in [-0.15, -0.1) is 0 Å². The van der Waals surface area contributed by atoms with Gasteiger partial charge in [-0.2, -0.15) is 0 Å². The van der Waals surface area contributed by atoms with Crippen molar-refractivity contribution in [2.75, 3.05) is 13.7 Å². The second-order valence-electron chi connectivity index (χ2n) is 5.99. The molecule has 5 nitrogen and oxygen atoms in total. The van der Waals surface area contributed by atoms with Crippen LogP contribution in [0.3, 0.4) is 0 Å². The van der Waals surface area contributed by atoms with Crippen LogP contribution in [0.15, 0.2) is 30.5 Å². The third-order valence-corrected chi connectivity index (χ3v) is 4.31. The van der Waals surface area contributed by atoms with Crippen LogP contribution in [0.1, 0.15) is 41.7 Å². The zero-order chi connectivity index (χ0) is 15.8. The number of rotatable bonds is 4. The first-order valence-corrected chi connectivity index (χ1v) is 7.85. The number of pyridine rings is 1. The average Bonchev–Trinajstić information content (AvgIpc) is 3.45. The zero-order valence-corrected chi connectivity index (χ0v) is 13.0. The van der Waals surface area contributed by atoms with E-state index in [-0.39, 0.29) is 12.7 Å². The summed E-state index contributed by atoms with van der Waals surface area (Å²) >= 11 is 0. The SMILES string of the molecule is COc1cc(CO)cc2c1OC(c1ccc(C3CC3)nc1)CO2. The Morgan fingerprint density at radius 3 is 2.83 bits per heavy atom. The van der Waals surface area contributed by atoms with E-state index < -0.39 is 0 Å². The fourth-order valence-corrected chi connectivity index (χ4v) is 2.83. The summed E-state index contributed by atoms with van der Waals surface area (Å²) in [6.45, 7) is 0.346. The smallest absolute Gasteiger partial charge is 0.204 e. The van der Waals surface area contributed by atoms with E-state index in [9.17, 15) is 5.11 Å². The van der Waals surface area contributed by atoms with E-state index in [1.54, 1.807) is 19.2 Å². The minimum atomic E-state index is -0.211. The van der Waals surface area contributed by atoms with E-state index in [0.717, 1.165) is 16.8 Å². The van der Waals surface area contributed by atoms with Gasteiger partial charge < -0.3 is 19.3 Å². The number of aromatic nitrogens is 1. The van der Waals surface area contributed by atoms with Crippen molar-refractivity contribution in [3.8, 4) is 17.2 Å². The Bertz CT molecular complexity index is 692. The third kappa shape index (κ3) is 2.72. The molecule has 0 bridgehead atoms. The molecule has 0 radical (unpaired) electrons. The molecule has 2 aromatic rings. The number of nitrogens with zero attached hydrogens (tertiary/aromatic N) is 1. The highest BCUT2D eigenvalue weighted by Crippen LogP contribution is 2.44. The largest absolute Gasteiger partial charge is 0.493 e. The molecular formula is C18H19NO4. The average molecular weight is 313 g/mol. The van der Waals surface area contributed by atoms with E-state index in [1.165, 1.54) is 12.8 Å². The summed E-state index contributed by atoms with van der Waals surface area (Å²) < 4.78 is 17.3. The minimum Gasteiger partial charge on any atom is -0.493 e. The first-order valence-electron chi connectivity index (χ1n) is 7.85. The lowest BCUT2D eigenvalue weighted by molar-refractivity contribution is 0.0865. The lowest BCUT2D eigenvalue weighted by atomic mass is 10.1. The van der Waals surface area contributed by atoms with Gasteiger partial charge in [-0.05, 0) is 36.6 Å². The Labute approximate surface area is 134 Å². The quantitative estimate of drug-likeness (QED) is 0.940. The predicted molar refractivity (Wildman–Crippen MR) is 84.0 cm³/mol. The predicted octanol–water partition coefficient (Wildman–Crippen LogP) is 2.97. The van der Waals surface area contributed by atoms with Crippen molar-refractivity contribution in [2.24, 2.45) is 0 Å². The minimum absolute atomic E-state index is 0.0665. The molecule has 2 aliphatic rings. The zero-order valence-electron chi connectivity index (χ0n) is 13.0. The van der Waals surface area contributed by atoms with E-state index in [0.29, 0.717) is 29.8 Å². The lowest BCUT2D eigenvalue weighted by Crippen LogP contribution is -2.22. The van der Waals surface area contributed by atoms with E-state index in [1.807, 2.05) is 6.20 Å². The van der Waals surface area contributed by atoms with Crippen LogP contribution in [0.2, 0.25) is 0 Å². The first kappa shape index (κ1) is 14.3. The maximum Gasteiger partial charge on any atom is 0.204 e. The highest BCUT2D eigenvalue weighted by Gasteiger charge is 2.28. The normalized spacial score (nSPS) is 19.5. The van der Waals surface area contributed by atoms with E-state index >= 15 is 0 Å². The van der Waals surface area contributed by atoms with Gasteiger partial charge in [-0.3, -0.25) is 4.98 Å². The molecule has 1 atom stereocenters. The van der Waals surface area contributed by atoms with Crippen LogP contribution in [0.4, 0.5) is 0 Å². The second kappa shape index (κ2) is 5.74. The van der Waals surface area contributed by atoms with Crippen molar-refractivity contribution >= 4 is 0 Å². The summed E-state index contributed by atoms with van der Waals surface area (Å²) in [4.78, 5) is 4.54. The van der Waals surface area contributed by atoms with Gasteiger partial charge in [0.25, 0.3) is 0 Å². The van der Waals surface area contributed by atoms with Gasteiger partial charge in [0.15, 0.2) is 17.6 Å². The standard InChI is InChI=1S/C18H19NO4/c1-21-15-6-11(9-20)7-16-18(15)23-17(10-22-16)13-4-5-14(19-8-13)12-2-3-12/h4-8,12,17,20H,2-3,9-10H2,1H3. The fraction of sp³-hybridized carbons (Fsp3) is 0.389. The van der Waals surface area contributed by atoms with E-state index in [2.05, 4.69) is 17.1 Å². The van der Waals surface area contributed by atoms with Crippen molar-refractivity contribution < 1.29 is 19.3 Å². The molecule has 1 saturated carbocycles. The van der Waals surface area contributed by atoms with Crippen LogP contribution in [0.25, 0.3) is 0 Å². The van der Waals surface area contributed by atoms with Crippen LogP contribution in [0.5, 0.6) is 17.2 Å². The molecule has 0 saturated heterocycles. The Hall–Kier alpha value is -2.27. The van der Waals surface area contributed by atoms with Gasteiger partial charge in [0.2, 0.25) is 5.75 Å². The molecule has 4 rings (SSSR count). The maximum absolute atomic E-state index is 9.30. The summed E-state index contributed by atoms with van der Waals surface area (Å²) in [5.41, 5.74) is 2.89. The highest BCUT2D eigenvalue weighted by atomic mass is 16.6. The summed E-state index contributed by atoms with van der Waals surface area (Å²) in [5, 5.41) is 9.30. The summed E-state index contributed by atoms with van der Waals surface area (Å²) in [7, 11) is 1.58. The number of aliphatic hydroxyl groups excluding tert-OH is 1. The van der Waals surface area contributed by atoms with Crippen molar-refractivity contribution in [2.45, 2.75) is 31.5 Å². The number of hydrogen-bond donors (Lipinski definition) is 1. The summed E-state index contributed by atoms with van der Waals surface area (Å²) in [6.07, 6.45) is 4.15. The number of ether oxygens (including phenoxy) is 3. The van der Waals surface area contributed by atoms with Gasteiger partial charge in [-0.25, -0.2) is 0 Å².